The van der Waals surface area contributed by atoms with Crippen LogP contribution in [0, 0.1) is 12.8 Å². The number of halogens is 6. The van der Waals surface area contributed by atoms with Crippen molar-refractivity contribution in [2.75, 3.05) is 25.0 Å². The monoisotopic (exact) mass is 410 g/mol. The largest absolute Gasteiger partial charge is 0.471 e. The molecule has 1 aliphatic heterocycles. The Morgan fingerprint density at radius 2 is 1.82 bits per heavy atom. The zero-order chi connectivity index (χ0) is 20.7. The van der Waals surface area contributed by atoms with E-state index in [2.05, 4.69) is 20.4 Å². The highest BCUT2D eigenvalue weighted by Gasteiger charge is 2.43. The number of hydrogen-bond donors (Lipinski definition) is 1. The van der Waals surface area contributed by atoms with Crippen molar-refractivity contribution in [1.82, 2.24) is 24.5 Å². The Morgan fingerprint density at radius 3 is 2.39 bits per heavy atom. The maximum Gasteiger partial charge on any atom is 0.471 e. The average molecular weight is 410 g/mol. The Balaban J connectivity index is 1.66. The van der Waals surface area contributed by atoms with Gasteiger partial charge in [0.2, 0.25) is 0 Å². The van der Waals surface area contributed by atoms with Crippen LogP contribution in [0.25, 0.3) is 5.78 Å². The molecular weight excluding hydrogens is 394 g/mol. The molecule has 0 saturated carbocycles. The lowest BCUT2D eigenvalue weighted by Crippen LogP contribution is -2.46. The van der Waals surface area contributed by atoms with Crippen LogP contribution in [0.3, 0.4) is 0 Å². The minimum Gasteiger partial charge on any atom is -0.370 e. The molecule has 3 rings (SSSR count). The average Bonchev–Trinajstić information content (AvgIpc) is 3.03. The van der Waals surface area contributed by atoms with Crippen molar-refractivity contribution < 1.29 is 31.1 Å². The van der Waals surface area contributed by atoms with E-state index in [1.807, 2.05) is 0 Å². The number of nitrogens with zero attached hydrogens (tertiary/aromatic N) is 5. The zero-order valence-corrected chi connectivity index (χ0v) is 14.6. The third kappa shape index (κ3) is 4.28. The number of carbonyl (C=O) groups is 1. The molecule has 154 valence electrons. The molecule has 0 atom stereocenters. The van der Waals surface area contributed by atoms with Crippen LogP contribution in [-0.2, 0) is 11.0 Å². The predicted molar refractivity (Wildman–Crippen MR) is 84.4 cm³/mol. The Morgan fingerprint density at radius 1 is 1.18 bits per heavy atom. The lowest BCUT2D eigenvalue weighted by molar-refractivity contribution is -0.186. The van der Waals surface area contributed by atoms with E-state index >= 15 is 0 Å². The van der Waals surface area contributed by atoms with Crippen LogP contribution in [0.1, 0.15) is 24.4 Å². The van der Waals surface area contributed by atoms with Crippen LogP contribution >= 0.6 is 0 Å². The van der Waals surface area contributed by atoms with Crippen molar-refractivity contribution in [3.05, 3.63) is 17.6 Å². The van der Waals surface area contributed by atoms with Crippen molar-refractivity contribution in [2.24, 2.45) is 5.92 Å². The molecule has 2 aromatic heterocycles. The zero-order valence-electron chi connectivity index (χ0n) is 14.6. The molecule has 0 aliphatic carbocycles. The first-order valence-corrected chi connectivity index (χ1v) is 8.36. The van der Waals surface area contributed by atoms with Gasteiger partial charge in [0.05, 0.1) is 0 Å². The molecule has 1 N–H and O–H groups in total. The van der Waals surface area contributed by atoms with Crippen LogP contribution in [-0.4, -0.2) is 56.2 Å². The van der Waals surface area contributed by atoms with Gasteiger partial charge in [0.15, 0.2) is 0 Å². The molecular formula is C15H16F6N6O. The van der Waals surface area contributed by atoms with E-state index in [4.69, 9.17) is 0 Å². The van der Waals surface area contributed by atoms with Gasteiger partial charge in [-0.15, -0.1) is 5.10 Å². The minimum atomic E-state index is -4.89. The molecule has 7 nitrogen and oxygen atoms in total. The molecule has 0 radical (unpaired) electrons. The topological polar surface area (TPSA) is 75.4 Å². The minimum absolute atomic E-state index is 0.0307. The van der Waals surface area contributed by atoms with Gasteiger partial charge in [-0.1, -0.05) is 0 Å². The molecule has 1 amide bonds. The van der Waals surface area contributed by atoms with Gasteiger partial charge in [-0.2, -0.15) is 35.8 Å². The first-order chi connectivity index (χ1) is 12.9. The summed E-state index contributed by atoms with van der Waals surface area (Å²) in [5.41, 5.74) is 0.432. The number of fused-ring (bicyclic) bond motifs is 1. The van der Waals surface area contributed by atoms with Crippen molar-refractivity contribution in [3.8, 4) is 0 Å². The molecule has 0 bridgehead atoms. The van der Waals surface area contributed by atoms with E-state index < -0.39 is 24.1 Å². The van der Waals surface area contributed by atoms with Gasteiger partial charge < -0.3 is 10.2 Å². The Labute approximate surface area is 154 Å². The van der Waals surface area contributed by atoms with Gasteiger partial charge in [0.25, 0.3) is 11.6 Å². The fraction of sp³-hybridized carbons (Fsp3) is 0.600. The summed E-state index contributed by atoms with van der Waals surface area (Å²) < 4.78 is 76.8. The Bertz CT molecular complexity index is 868. The molecule has 0 aromatic carbocycles. The van der Waals surface area contributed by atoms with E-state index in [1.165, 1.54) is 6.07 Å². The van der Waals surface area contributed by atoms with E-state index in [1.54, 1.807) is 6.92 Å². The second kappa shape index (κ2) is 7.09. The summed E-state index contributed by atoms with van der Waals surface area (Å²) >= 11 is 0. The number of rotatable bonds is 3. The molecule has 0 unspecified atom stereocenters. The lowest BCUT2D eigenvalue weighted by atomic mass is 9.96. The molecule has 1 fully saturated rings. The highest BCUT2D eigenvalue weighted by Crippen LogP contribution is 2.28. The molecule has 13 heteroatoms. The lowest BCUT2D eigenvalue weighted by Gasteiger charge is -2.32. The molecule has 1 aliphatic rings. The van der Waals surface area contributed by atoms with Crippen LogP contribution in [0.5, 0.6) is 0 Å². The molecule has 0 spiro atoms. The summed E-state index contributed by atoms with van der Waals surface area (Å²) in [6.45, 7) is 1.83. The Hall–Kier alpha value is -2.60. The SMILES string of the molecule is Cc1cc(NCC2CCN(C(=O)C(F)(F)F)CC2)n2nc(C(F)(F)F)nc2n1. The number of nitrogens with one attached hydrogen (secondary N) is 1. The molecule has 1 saturated heterocycles. The van der Waals surface area contributed by atoms with Gasteiger partial charge in [-0.25, -0.2) is 4.98 Å². The number of alkyl halides is 6. The summed E-state index contributed by atoms with van der Waals surface area (Å²) in [6.07, 6.45) is -8.92. The summed E-state index contributed by atoms with van der Waals surface area (Å²) in [5.74, 6) is -3.17. The van der Waals surface area contributed by atoms with Gasteiger partial charge in [0, 0.05) is 31.4 Å². The first kappa shape index (κ1) is 20.1. The van der Waals surface area contributed by atoms with Crippen LogP contribution in [0.4, 0.5) is 32.2 Å². The quantitative estimate of drug-likeness (QED) is 0.788. The highest BCUT2D eigenvalue weighted by atomic mass is 19.4. The van der Waals surface area contributed by atoms with Crippen molar-refractivity contribution in [1.29, 1.82) is 0 Å². The number of aromatic nitrogens is 4. The fourth-order valence-electron chi connectivity index (χ4n) is 3.00. The number of hydrogen-bond acceptors (Lipinski definition) is 5. The predicted octanol–water partition coefficient (Wildman–Crippen LogP) is 2.66. The molecule has 2 aromatic rings. The summed E-state index contributed by atoms with van der Waals surface area (Å²) in [5, 5.41) is 6.39. The highest BCUT2D eigenvalue weighted by molar-refractivity contribution is 5.81. The number of likely N-dealkylation sites (tertiary alicyclic amines) is 1. The van der Waals surface area contributed by atoms with E-state index in [0.29, 0.717) is 25.1 Å². The third-order valence-electron chi connectivity index (χ3n) is 4.41. The number of anilines is 1. The maximum absolute atomic E-state index is 12.8. The number of piperidine rings is 1. The van der Waals surface area contributed by atoms with Crippen LogP contribution in [0.2, 0.25) is 0 Å². The standard InChI is InChI=1S/C15H16F6N6O/c1-8-6-10(27-13(23-8)24-11(25-27)14(16,17)18)22-7-9-2-4-26(5-3-9)12(28)15(19,20)21/h6,9,22H,2-5,7H2,1H3. The second-order valence-corrected chi connectivity index (χ2v) is 6.54. The second-order valence-electron chi connectivity index (χ2n) is 6.54. The number of carbonyl (C=O) groups excluding carboxylic acids is 1. The van der Waals surface area contributed by atoms with Gasteiger partial charge in [-0.05, 0) is 25.7 Å². The van der Waals surface area contributed by atoms with Gasteiger partial charge in [0.1, 0.15) is 5.82 Å². The summed E-state index contributed by atoms with van der Waals surface area (Å²) in [7, 11) is 0. The van der Waals surface area contributed by atoms with E-state index in [-0.39, 0.29) is 30.6 Å². The van der Waals surface area contributed by atoms with Crippen LogP contribution < -0.4 is 5.32 Å². The Kier molecular flexibility index (Phi) is 5.10. The normalized spacial score (nSPS) is 16.6. The van der Waals surface area contributed by atoms with Gasteiger partial charge >= 0.3 is 18.3 Å². The number of aryl methyl sites for hydroxylation is 1. The van der Waals surface area contributed by atoms with Gasteiger partial charge in [-0.3, -0.25) is 4.79 Å². The van der Waals surface area contributed by atoms with Crippen molar-refractivity contribution >= 4 is 17.5 Å². The number of amides is 1. The summed E-state index contributed by atoms with van der Waals surface area (Å²) in [4.78, 5) is 19.3. The fourth-order valence-corrected chi connectivity index (χ4v) is 3.00. The third-order valence-corrected chi connectivity index (χ3v) is 4.41. The van der Waals surface area contributed by atoms with E-state index in [9.17, 15) is 31.1 Å². The van der Waals surface area contributed by atoms with Crippen LogP contribution in [0.15, 0.2) is 6.07 Å². The summed E-state index contributed by atoms with van der Waals surface area (Å²) in [6, 6.07) is 1.50. The molecule has 3 heterocycles. The first-order valence-electron chi connectivity index (χ1n) is 8.36. The van der Waals surface area contributed by atoms with Crippen molar-refractivity contribution in [2.45, 2.75) is 32.1 Å². The maximum atomic E-state index is 12.8. The van der Waals surface area contributed by atoms with E-state index in [0.717, 1.165) is 9.42 Å². The van der Waals surface area contributed by atoms with Crippen molar-refractivity contribution in [3.63, 3.8) is 0 Å². The smallest absolute Gasteiger partial charge is 0.370 e. The molecule has 28 heavy (non-hydrogen) atoms.